The third-order valence-corrected chi connectivity index (χ3v) is 16.6. The van der Waals surface area contributed by atoms with E-state index in [9.17, 15) is 19.8 Å². The maximum atomic E-state index is 12.5. The Hall–Kier alpha value is -1.40. The number of aliphatic hydroxyl groups is 2. The number of hydrogen-bond acceptors (Lipinski definition) is 5. The lowest BCUT2D eigenvalue weighted by molar-refractivity contribution is -0.143. The molecule has 3 N–H and O–H groups in total. The summed E-state index contributed by atoms with van der Waals surface area (Å²) in [4.78, 5) is 24.6. The van der Waals surface area contributed by atoms with Gasteiger partial charge in [-0.3, -0.25) is 9.59 Å². The Morgan fingerprint density at radius 3 is 0.895 bits per heavy atom. The van der Waals surface area contributed by atoms with Crippen molar-refractivity contribution in [2.24, 2.45) is 0 Å². The van der Waals surface area contributed by atoms with Gasteiger partial charge in [-0.05, 0) is 32.1 Å². The molecule has 6 heteroatoms. The van der Waals surface area contributed by atoms with E-state index in [4.69, 9.17) is 4.74 Å². The van der Waals surface area contributed by atoms with Gasteiger partial charge in [0.25, 0.3) is 0 Å². The minimum Gasteiger partial charge on any atom is -0.466 e. The fourth-order valence-electron chi connectivity index (χ4n) is 11.2. The lowest BCUT2D eigenvalue weighted by Crippen LogP contribution is -2.45. The van der Waals surface area contributed by atoms with Crippen molar-refractivity contribution >= 4 is 11.9 Å². The Morgan fingerprint density at radius 1 is 0.355 bits per heavy atom. The van der Waals surface area contributed by atoms with Crippen LogP contribution in [0, 0.1) is 0 Å². The highest BCUT2D eigenvalue weighted by Crippen LogP contribution is 2.19. The van der Waals surface area contributed by atoms with Crippen molar-refractivity contribution in [3.63, 3.8) is 0 Å². The zero-order valence-corrected chi connectivity index (χ0v) is 51.8. The van der Waals surface area contributed by atoms with E-state index in [1.165, 1.54) is 327 Å². The standard InChI is InChI=1S/C70H137NO5/c1-3-5-7-9-11-13-15-17-19-21-23-24-25-26-27-28-29-30-34-38-42-46-50-54-58-62-68(73)67(66-72)71-69(74)63-59-55-51-47-43-39-35-32-33-37-41-45-49-53-57-61-65-76-70(75)64-60-56-52-48-44-40-36-31-22-20-18-16-14-12-10-8-6-4-2/h58,62,67-68,72-73H,3-57,59-61,63-66H2,1-2H3,(H,71,74)/b62-58+. The normalized spacial score (nSPS) is 12.5. The number of aliphatic hydroxyl groups excluding tert-OH is 2. The Bertz CT molecular complexity index is 1140. The molecule has 0 aliphatic rings. The molecule has 76 heavy (non-hydrogen) atoms. The summed E-state index contributed by atoms with van der Waals surface area (Å²) in [6, 6.07) is -0.634. The molecular weight excluding hydrogens is 935 g/mol. The van der Waals surface area contributed by atoms with Gasteiger partial charge in [-0.25, -0.2) is 0 Å². The number of carbonyl (C=O) groups is 2. The van der Waals surface area contributed by atoms with Gasteiger partial charge < -0.3 is 20.3 Å². The number of esters is 1. The summed E-state index contributed by atoms with van der Waals surface area (Å²) in [6.07, 6.45) is 81.3. The molecule has 6 nitrogen and oxygen atoms in total. The van der Waals surface area contributed by atoms with Crippen LogP contribution < -0.4 is 5.32 Å². The van der Waals surface area contributed by atoms with Gasteiger partial charge in [-0.15, -0.1) is 0 Å². The van der Waals surface area contributed by atoms with Crippen LogP contribution in [0.25, 0.3) is 0 Å². The molecule has 0 saturated carbocycles. The molecule has 0 bridgehead atoms. The van der Waals surface area contributed by atoms with Gasteiger partial charge in [-0.2, -0.15) is 0 Å². The third kappa shape index (κ3) is 61.8. The SMILES string of the molecule is CCCCCCCCCCCCCCCCCCCCCCCCC/C=C/C(O)C(CO)NC(=O)CCCCCCCCCCCCCCCCCCOC(=O)CCCCCCCCCCCCCCCCCCCC. The number of allylic oxidation sites excluding steroid dienone is 1. The van der Waals surface area contributed by atoms with E-state index in [-0.39, 0.29) is 18.5 Å². The van der Waals surface area contributed by atoms with Crippen LogP contribution in [-0.4, -0.2) is 47.4 Å². The smallest absolute Gasteiger partial charge is 0.305 e. The minimum absolute atomic E-state index is 0.00802. The van der Waals surface area contributed by atoms with Gasteiger partial charge in [0.05, 0.1) is 25.4 Å². The molecule has 1 amide bonds. The number of rotatable bonds is 66. The van der Waals surface area contributed by atoms with Crippen molar-refractivity contribution in [2.75, 3.05) is 13.2 Å². The average molecular weight is 1070 g/mol. The second-order valence-corrected chi connectivity index (χ2v) is 24.2. The zero-order chi connectivity index (χ0) is 55.0. The lowest BCUT2D eigenvalue weighted by atomic mass is 10.0. The van der Waals surface area contributed by atoms with E-state index in [0.29, 0.717) is 19.4 Å². The van der Waals surface area contributed by atoms with Crippen molar-refractivity contribution < 1.29 is 24.5 Å². The highest BCUT2D eigenvalue weighted by molar-refractivity contribution is 5.76. The highest BCUT2D eigenvalue weighted by atomic mass is 16.5. The summed E-state index contributed by atoms with van der Waals surface area (Å²) in [7, 11) is 0. The number of hydrogen-bond donors (Lipinski definition) is 3. The first-order chi connectivity index (χ1) is 37.5. The second-order valence-electron chi connectivity index (χ2n) is 24.2. The molecule has 2 atom stereocenters. The predicted octanol–water partition coefficient (Wildman–Crippen LogP) is 22.4. The summed E-state index contributed by atoms with van der Waals surface area (Å²) in [5.41, 5.74) is 0. The molecule has 0 saturated heterocycles. The molecule has 0 fully saturated rings. The van der Waals surface area contributed by atoms with E-state index in [1.54, 1.807) is 6.08 Å². The fourth-order valence-corrected chi connectivity index (χ4v) is 11.2. The van der Waals surface area contributed by atoms with E-state index in [1.807, 2.05) is 6.08 Å². The minimum atomic E-state index is -0.850. The average Bonchev–Trinajstić information content (AvgIpc) is 3.42. The Labute approximate surface area is 476 Å². The Morgan fingerprint density at radius 2 is 0.605 bits per heavy atom. The maximum absolute atomic E-state index is 12.5. The van der Waals surface area contributed by atoms with Crippen molar-refractivity contribution in [3.05, 3.63) is 12.2 Å². The van der Waals surface area contributed by atoms with Crippen LogP contribution in [-0.2, 0) is 14.3 Å². The van der Waals surface area contributed by atoms with Crippen molar-refractivity contribution in [1.29, 1.82) is 0 Å². The number of ether oxygens (including phenoxy) is 1. The van der Waals surface area contributed by atoms with Crippen LogP contribution in [0.1, 0.15) is 399 Å². The molecule has 0 aliphatic carbocycles. The Kier molecular flexibility index (Phi) is 64.9. The molecule has 452 valence electrons. The summed E-state index contributed by atoms with van der Waals surface area (Å²) >= 11 is 0. The third-order valence-electron chi connectivity index (χ3n) is 16.6. The van der Waals surface area contributed by atoms with Gasteiger partial charge in [0, 0.05) is 12.8 Å². The van der Waals surface area contributed by atoms with Gasteiger partial charge in [0.1, 0.15) is 0 Å². The number of nitrogens with one attached hydrogen (secondary N) is 1. The number of unbranched alkanes of at least 4 members (excludes halogenated alkanes) is 55. The molecule has 0 radical (unpaired) electrons. The quantitative estimate of drug-likeness (QED) is 0.0320. The van der Waals surface area contributed by atoms with E-state index < -0.39 is 12.1 Å². The maximum Gasteiger partial charge on any atom is 0.305 e. The van der Waals surface area contributed by atoms with Gasteiger partial charge in [0.2, 0.25) is 5.91 Å². The topological polar surface area (TPSA) is 95.9 Å². The monoisotopic (exact) mass is 1070 g/mol. The molecule has 2 unspecified atom stereocenters. The van der Waals surface area contributed by atoms with Crippen LogP contribution >= 0.6 is 0 Å². The van der Waals surface area contributed by atoms with Crippen LogP contribution in [0.5, 0.6) is 0 Å². The predicted molar refractivity (Wildman–Crippen MR) is 333 cm³/mol. The largest absolute Gasteiger partial charge is 0.466 e. The summed E-state index contributed by atoms with van der Waals surface area (Å²) < 4.78 is 5.50. The zero-order valence-electron chi connectivity index (χ0n) is 51.8. The van der Waals surface area contributed by atoms with Crippen LogP contribution in [0.15, 0.2) is 12.2 Å². The van der Waals surface area contributed by atoms with Gasteiger partial charge >= 0.3 is 5.97 Å². The lowest BCUT2D eigenvalue weighted by Gasteiger charge is -2.20. The van der Waals surface area contributed by atoms with Crippen molar-refractivity contribution in [2.45, 2.75) is 411 Å². The second kappa shape index (κ2) is 66.1. The fraction of sp³-hybridized carbons (Fsp3) is 0.943. The van der Waals surface area contributed by atoms with Crippen LogP contribution in [0.2, 0.25) is 0 Å². The number of carbonyl (C=O) groups excluding carboxylic acids is 2. The highest BCUT2D eigenvalue weighted by Gasteiger charge is 2.18. The first-order valence-corrected chi connectivity index (χ1v) is 35.0. The molecule has 0 aromatic heterocycles. The van der Waals surface area contributed by atoms with Crippen LogP contribution in [0.4, 0.5) is 0 Å². The van der Waals surface area contributed by atoms with E-state index in [0.717, 1.165) is 44.9 Å². The first-order valence-electron chi connectivity index (χ1n) is 35.0. The van der Waals surface area contributed by atoms with Crippen molar-refractivity contribution in [3.8, 4) is 0 Å². The van der Waals surface area contributed by atoms with Gasteiger partial charge in [-0.1, -0.05) is 366 Å². The summed E-state index contributed by atoms with van der Waals surface area (Å²) in [5, 5.41) is 23.3. The van der Waals surface area contributed by atoms with Crippen LogP contribution in [0.3, 0.4) is 0 Å². The molecule has 0 aromatic rings. The summed E-state index contributed by atoms with van der Waals surface area (Å²) in [6.45, 7) is 4.94. The van der Waals surface area contributed by atoms with Crippen molar-refractivity contribution in [1.82, 2.24) is 5.32 Å². The van der Waals surface area contributed by atoms with E-state index in [2.05, 4.69) is 19.2 Å². The molecule has 0 aromatic carbocycles. The molecular formula is C70H137NO5. The molecule has 0 rings (SSSR count). The summed E-state index contributed by atoms with van der Waals surface area (Å²) in [5.74, 6) is -0.0614. The first kappa shape index (κ1) is 74.6. The number of amides is 1. The Balaban J connectivity index is 3.42. The van der Waals surface area contributed by atoms with E-state index >= 15 is 0 Å². The van der Waals surface area contributed by atoms with Gasteiger partial charge in [0.15, 0.2) is 0 Å². The molecule has 0 aliphatic heterocycles. The molecule has 0 spiro atoms. The molecule has 0 heterocycles.